The van der Waals surface area contributed by atoms with Crippen molar-refractivity contribution in [3.05, 3.63) is 42.1 Å². The smallest absolute Gasteiger partial charge is 0.331 e. The first-order valence-corrected chi connectivity index (χ1v) is 10.2. The fraction of sp³-hybridized carbons (Fsp3) is 0.609. The number of allylic oxidation sites excluding steroid dienone is 1. The zero-order valence-electron chi connectivity index (χ0n) is 17.8. The summed E-state index contributed by atoms with van der Waals surface area (Å²) in [5, 5.41) is 3.24. The van der Waals surface area contributed by atoms with E-state index >= 15 is 0 Å². The highest BCUT2D eigenvalue weighted by atomic mass is 16.6. The van der Waals surface area contributed by atoms with Crippen molar-refractivity contribution in [3.8, 4) is 0 Å². The molecule has 0 bridgehead atoms. The molecule has 1 aromatic carbocycles. The molecule has 1 atom stereocenters. The lowest BCUT2D eigenvalue weighted by Crippen LogP contribution is -2.48. The molecule has 0 aliphatic heterocycles. The van der Waals surface area contributed by atoms with Gasteiger partial charge in [-0.15, -0.1) is 0 Å². The Morgan fingerprint density at radius 2 is 1.74 bits per heavy atom. The van der Waals surface area contributed by atoms with E-state index in [1.165, 1.54) is 25.7 Å². The van der Waals surface area contributed by atoms with Gasteiger partial charge in [-0.2, -0.15) is 0 Å². The maximum absolute atomic E-state index is 13.1. The zero-order chi connectivity index (χ0) is 20.3. The van der Waals surface area contributed by atoms with Gasteiger partial charge in [0.05, 0.1) is 0 Å². The number of rotatable bonds is 11. The van der Waals surface area contributed by atoms with Gasteiger partial charge in [-0.25, -0.2) is 4.79 Å². The summed E-state index contributed by atoms with van der Waals surface area (Å²) in [6.07, 6.45) is 11.2. The van der Waals surface area contributed by atoms with Crippen LogP contribution in [0.1, 0.15) is 85.1 Å². The lowest BCUT2D eigenvalue weighted by molar-refractivity contribution is -0.162. The molecule has 0 saturated heterocycles. The average molecular weight is 375 g/mol. The van der Waals surface area contributed by atoms with Gasteiger partial charge in [0.1, 0.15) is 11.1 Å². The van der Waals surface area contributed by atoms with Crippen molar-refractivity contribution < 1.29 is 9.53 Å². The Kier molecular flexibility index (Phi) is 9.57. The Labute approximate surface area is 165 Å². The molecule has 4 heteroatoms. The third-order valence-corrected chi connectivity index (χ3v) is 4.50. The Morgan fingerprint density at radius 1 is 1.11 bits per heavy atom. The number of esters is 1. The number of benzene rings is 1. The average Bonchev–Trinajstić information content (AvgIpc) is 2.61. The van der Waals surface area contributed by atoms with Gasteiger partial charge >= 0.3 is 5.97 Å². The van der Waals surface area contributed by atoms with E-state index in [1.807, 2.05) is 64.2 Å². The molecule has 1 unspecified atom stereocenters. The number of hydrogen-bond donors (Lipinski definition) is 2. The molecule has 3 N–H and O–H groups in total. The van der Waals surface area contributed by atoms with Crippen molar-refractivity contribution in [2.24, 2.45) is 5.73 Å². The van der Waals surface area contributed by atoms with Gasteiger partial charge in [0.15, 0.2) is 0 Å². The van der Waals surface area contributed by atoms with E-state index in [1.54, 1.807) is 0 Å². The lowest BCUT2D eigenvalue weighted by Gasteiger charge is -2.33. The van der Waals surface area contributed by atoms with Crippen LogP contribution in [-0.2, 0) is 15.1 Å². The van der Waals surface area contributed by atoms with Gasteiger partial charge in [-0.1, -0.05) is 69.7 Å². The highest BCUT2D eigenvalue weighted by molar-refractivity contribution is 5.85. The van der Waals surface area contributed by atoms with E-state index in [9.17, 15) is 4.79 Å². The van der Waals surface area contributed by atoms with Gasteiger partial charge in [-0.05, 0) is 46.4 Å². The summed E-state index contributed by atoms with van der Waals surface area (Å²) in [5.41, 5.74) is 6.63. The fourth-order valence-electron chi connectivity index (χ4n) is 3.07. The summed E-state index contributed by atoms with van der Waals surface area (Å²) in [6.45, 7) is 9.78. The summed E-state index contributed by atoms with van der Waals surface area (Å²) in [5.74, 6) is -0.363. The minimum atomic E-state index is -1.16. The van der Waals surface area contributed by atoms with Crippen LogP contribution in [0.3, 0.4) is 0 Å². The van der Waals surface area contributed by atoms with E-state index in [0.29, 0.717) is 6.42 Å². The number of ether oxygens (including phenoxy) is 1. The molecule has 0 amide bonds. The Hall–Kier alpha value is -1.81. The number of carbonyl (C=O) groups is 1. The number of carbonyl (C=O) groups excluding carboxylic acids is 1. The number of nitrogens with two attached hydrogens (primary N) is 1. The van der Waals surface area contributed by atoms with Crippen molar-refractivity contribution in [3.63, 3.8) is 0 Å². The van der Waals surface area contributed by atoms with Crippen LogP contribution in [0.4, 0.5) is 5.69 Å². The molecule has 0 radical (unpaired) electrons. The molecule has 0 spiro atoms. The van der Waals surface area contributed by atoms with Crippen LogP contribution in [0.15, 0.2) is 36.5 Å². The van der Waals surface area contributed by atoms with Crippen LogP contribution >= 0.6 is 0 Å². The van der Waals surface area contributed by atoms with Gasteiger partial charge in [0.25, 0.3) is 0 Å². The molecular formula is C23H38N2O2. The molecule has 4 nitrogen and oxygen atoms in total. The molecule has 0 aromatic heterocycles. The normalized spacial score (nSPS) is 14.1. The van der Waals surface area contributed by atoms with Crippen LogP contribution in [0.2, 0.25) is 0 Å². The molecule has 0 saturated carbocycles. The van der Waals surface area contributed by atoms with Gasteiger partial charge < -0.3 is 15.8 Å². The van der Waals surface area contributed by atoms with Crippen molar-refractivity contribution in [2.45, 2.75) is 90.7 Å². The maximum Gasteiger partial charge on any atom is 0.331 e. The molecule has 1 aromatic rings. The number of anilines is 1. The molecule has 27 heavy (non-hydrogen) atoms. The molecule has 1 rings (SSSR count). The van der Waals surface area contributed by atoms with E-state index in [-0.39, 0.29) is 5.97 Å². The summed E-state index contributed by atoms with van der Waals surface area (Å²) < 4.78 is 5.70. The third kappa shape index (κ3) is 7.76. The Morgan fingerprint density at radius 3 is 2.37 bits per heavy atom. The SMILES string of the molecule is CC=CNc1ccccc1C(N)(CCCCCCCC)C(=O)OC(C)(C)C. The topological polar surface area (TPSA) is 64.3 Å². The first-order chi connectivity index (χ1) is 12.7. The summed E-state index contributed by atoms with van der Waals surface area (Å²) in [4.78, 5) is 13.1. The van der Waals surface area contributed by atoms with Crippen molar-refractivity contribution in [1.29, 1.82) is 0 Å². The first-order valence-electron chi connectivity index (χ1n) is 10.2. The second kappa shape index (κ2) is 11.1. The molecule has 0 fully saturated rings. The largest absolute Gasteiger partial charge is 0.458 e. The zero-order valence-corrected chi connectivity index (χ0v) is 17.8. The molecule has 0 heterocycles. The summed E-state index contributed by atoms with van der Waals surface area (Å²) >= 11 is 0. The van der Waals surface area contributed by atoms with E-state index in [2.05, 4.69) is 12.2 Å². The van der Waals surface area contributed by atoms with E-state index < -0.39 is 11.1 Å². The number of unbranched alkanes of at least 4 members (excludes halogenated alkanes) is 5. The van der Waals surface area contributed by atoms with Crippen LogP contribution in [-0.4, -0.2) is 11.6 Å². The van der Waals surface area contributed by atoms with Gasteiger partial charge in [-0.3, -0.25) is 0 Å². The second-order valence-corrected chi connectivity index (χ2v) is 8.18. The number of hydrogen-bond acceptors (Lipinski definition) is 4. The highest BCUT2D eigenvalue weighted by Gasteiger charge is 2.40. The third-order valence-electron chi connectivity index (χ3n) is 4.50. The Bertz CT molecular complexity index is 605. The van der Waals surface area contributed by atoms with E-state index in [0.717, 1.165) is 24.1 Å². The van der Waals surface area contributed by atoms with Crippen molar-refractivity contribution >= 4 is 11.7 Å². The van der Waals surface area contributed by atoms with Crippen LogP contribution in [0, 0.1) is 0 Å². The van der Waals surface area contributed by atoms with Crippen LogP contribution in [0.25, 0.3) is 0 Å². The van der Waals surface area contributed by atoms with Crippen molar-refractivity contribution in [2.75, 3.05) is 5.32 Å². The first kappa shape index (κ1) is 23.2. The second-order valence-electron chi connectivity index (χ2n) is 8.18. The highest BCUT2D eigenvalue weighted by Crippen LogP contribution is 2.33. The molecule has 152 valence electrons. The summed E-state index contributed by atoms with van der Waals surface area (Å²) in [7, 11) is 0. The monoisotopic (exact) mass is 374 g/mol. The predicted octanol–water partition coefficient (Wildman–Crippen LogP) is 5.88. The minimum absolute atomic E-state index is 0.363. The van der Waals surface area contributed by atoms with Crippen LogP contribution in [0.5, 0.6) is 0 Å². The van der Waals surface area contributed by atoms with Gasteiger partial charge in [0, 0.05) is 11.3 Å². The van der Waals surface area contributed by atoms with Gasteiger partial charge in [0.2, 0.25) is 0 Å². The predicted molar refractivity (Wildman–Crippen MR) is 115 cm³/mol. The fourth-order valence-corrected chi connectivity index (χ4v) is 3.07. The number of para-hydroxylation sites is 1. The molecule has 0 aliphatic carbocycles. The minimum Gasteiger partial charge on any atom is -0.458 e. The molecular weight excluding hydrogens is 336 g/mol. The quantitative estimate of drug-likeness (QED) is 0.375. The molecule has 0 aliphatic rings. The van der Waals surface area contributed by atoms with Crippen LogP contribution < -0.4 is 11.1 Å². The van der Waals surface area contributed by atoms with Crippen molar-refractivity contribution in [1.82, 2.24) is 0 Å². The lowest BCUT2D eigenvalue weighted by atomic mass is 9.84. The standard InChI is InChI=1S/C23H38N2O2/c1-6-8-9-10-11-14-17-23(24,21(26)27-22(3,4)5)19-15-12-13-16-20(19)25-18-7-2/h7,12-13,15-16,18,25H,6,8-11,14,17,24H2,1-5H3. The Balaban J connectivity index is 3.05. The summed E-state index contributed by atoms with van der Waals surface area (Å²) in [6, 6.07) is 7.73. The number of nitrogens with one attached hydrogen (secondary N) is 1. The maximum atomic E-state index is 13.1. The van der Waals surface area contributed by atoms with E-state index in [4.69, 9.17) is 10.5 Å².